The summed E-state index contributed by atoms with van der Waals surface area (Å²) in [5.41, 5.74) is -0.0787. The van der Waals surface area contributed by atoms with Crippen LogP contribution in [0.4, 0.5) is 17.6 Å². The summed E-state index contributed by atoms with van der Waals surface area (Å²) in [6.07, 6.45) is -2.32. The van der Waals surface area contributed by atoms with Crippen molar-refractivity contribution in [1.29, 1.82) is 0 Å². The topological polar surface area (TPSA) is 21.3 Å². The molecule has 1 unspecified atom stereocenters. The molecular formula is C13H17F4NO. The Kier molecular flexibility index (Phi) is 6.80. The summed E-state index contributed by atoms with van der Waals surface area (Å²) in [6.45, 7) is 1.65. The molecule has 1 N–H and O–H groups in total. The van der Waals surface area contributed by atoms with Crippen molar-refractivity contribution in [3.63, 3.8) is 0 Å². The van der Waals surface area contributed by atoms with E-state index in [1.165, 1.54) is 18.2 Å². The van der Waals surface area contributed by atoms with Crippen molar-refractivity contribution in [1.82, 2.24) is 5.32 Å². The molecule has 6 heteroatoms. The average Bonchev–Trinajstić information content (AvgIpc) is 2.34. The Morgan fingerprint density at radius 3 is 2.37 bits per heavy atom. The maximum absolute atomic E-state index is 13.6. The fourth-order valence-electron chi connectivity index (χ4n) is 1.81. The Hall–Kier alpha value is -1.14. The first-order chi connectivity index (χ1) is 9.06. The molecule has 1 atom stereocenters. The van der Waals surface area contributed by atoms with Crippen LogP contribution in [0.5, 0.6) is 0 Å². The lowest BCUT2D eigenvalue weighted by Crippen LogP contribution is -2.24. The number of rotatable bonds is 8. The minimum absolute atomic E-state index is 0.00970. The van der Waals surface area contributed by atoms with E-state index >= 15 is 0 Å². The average molecular weight is 279 g/mol. The summed E-state index contributed by atoms with van der Waals surface area (Å²) in [4.78, 5) is 0. The predicted molar refractivity (Wildman–Crippen MR) is 64.2 cm³/mol. The van der Waals surface area contributed by atoms with E-state index in [0.29, 0.717) is 6.54 Å². The van der Waals surface area contributed by atoms with Crippen molar-refractivity contribution >= 4 is 0 Å². The smallest absolute Gasteiger partial charge is 0.261 e. The van der Waals surface area contributed by atoms with Gasteiger partial charge in [-0.25, -0.2) is 17.6 Å². The van der Waals surface area contributed by atoms with Crippen LogP contribution in [0.3, 0.4) is 0 Å². The summed E-state index contributed by atoms with van der Waals surface area (Å²) >= 11 is 0. The summed E-state index contributed by atoms with van der Waals surface area (Å²) in [5, 5.41) is 2.92. The van der Waals surface area contributed by atoms with Gasteiger partial charge in [-0.1, -0.05) is 13.0 Å². The van der Waals surface area contributed by atoms with Gasteiger partial charge in [-0.15, -0.1) is 0 Å². The molecule has 0 bridgehead atoms. The SMILES string of the molecule is CCNC(CCOCC(F)F)c1c(F)cccc1F. The maximum Gasteiger partial charge on any atom is 0.261 e. The molecule has 1 rings (SSSR count). The lowest BCUT2D eigenvalue weighted by Gasteiger charge is -2.19. The highest BCUT2D eigenvalue weighted by Gasteiger charge is 2.19. The second-order valence-electron chi connectivity index (χ2n) is 4.00. The van der Waals surface area contributed by atoms with E-state index in [-0.39, 0.29) is 18.6 Å². The summed E-state index contributed by atoms with van der Waals surface area (Å²) < 4.78 is 55.8. The fourth-order valence-corrected chi connectivity index (χ4v) is 1.81. The van der Waals surface area contributed by atoms with E-state index in [2.05, 4.69) is 5.32 Å². The van der Waals surface area contributed by atoms with Crippen LogP contribution in [-0.4, -0.2) is 26.2 Å². The molecule has 0 aliphatic rings. The summed E-state index contributed by atoms with van der Waals surface area (Å²) in [7, 11) is 0. The third-order valence-electron chi connectivity index (χ3n) is 2.59. The van der Waals surface area contributed by atoms with Crippen LogP contribution in [0.15, 0.2) is 18.2 Å². The van der Waals surface area contributed by atoms with Crippen LogP contribution in [0, 0.1) is 11.6 Å². The summed E-state index contributed by atoms with van der Waals surface area (Å²) in [5.74, 6) is -1.31. The Labute approximate surface area is 109 Å². The van der Waals surface area contributed by atoms with Crippen LogP contribution in [0.1, 0.15) is 24.9 Å². The lowest BCUT2D eigenvalue weighted by atomic mass is 10.0. The van der Waals surface area contributed by atoms with E-state index in [4.69, 9.17) is 4.74 Å². The van der Waals surface area contributed by atoms with Gasteiger partial charge in [0.2, 0.25) is 0 Å². The van der Waals surface area contributed by atoms with E-state index in [1.54, 1.807) is 6.92 Å². The van der Waals surface area contributed by atoms with Crippen LogP contribution >= 0.6 is 0 Å². The second-order valence-corrected chi connectivity index (χ2v) is 4.00. The summed E-state index contributed by atoms with van der Waals surface area (Å²) in [6, 6.07) is 3.03. The van der Waals surface area contributed by atoms with Gasteiger partial charge in [0.15, 0.2) is 0 Å². The van der Waals surface area contributed by atoms with Crippen LogP contribution < -0.4 is 5.32 Å². The third-order valence-corrected chi connectivity index (χ3v) is 2.59. The number of nitrogens with one attached hydrogen (secondary N) is 1. The van der Waals surface area contributed by atoms with Crippen molar-refractivity contribution in [3.05, 3.63) is 35.4 Å². The fraction of sp³-hybridized carbons (Fsp3) is 0.538. The van der Waals surface area contributed by atoms with Crippen LogP contribution in [0.25, 0.3) is 0 Å². The number of halogens is 4. The van der Waals surface area contributed by atoms with Gasteiger partial charge in [-0.3, -0.25) is 0 Å². The minimum atomic E-state index is -2.54. The van der Waals surface area contributed by atoms with Crippen molar-refractivity contribution in [2.75, 3.05) is 19.8 Å². The monoisotopic (exact) mass is 279 g/mol. The Morgan fingerprint density at radius 1 is 1.21 bits per heavy atom. The van der Waals surface area contributed by atoms with Gasteiger partial charge in [0.05, 0.1) is 0 Å². The van der Waals surface area contributed by atoms with E-state index < -0.39 is 30.7 Å². The van der Waals surface area contributed by atoms with Crippen molar-refractivity contribution in [2.24, 2.45) is 0 Å². The molecule has 0 saturated heterocycles. The Bertz CT molecular complexity index is 367. The highest BCUT2D eigenvalue weighted by atomic mass is 19.3. The van der Waals surface area contributed by atoms with Gasteiger partial charge in [-0.05, 0) is 25.1 Å². The Morgan fingerprint density at radius 2 is 1.84 bits per heavy atom. The standard InChI is InChI=1S/C13H17F4NO/c1-2-18-11(6-7-19-8-12(16)17)13-9(14)4-3-5-10(13)15/h3-5,11-12,18H,2,6-8H2,1H3. The van der Waals surface area contributed by atoms with Gasteiger partial charge >= 0.3 is 0 Å². The first-order valence-corrected chi connectivity index (χ1v) is 6.09. The third kappa shape index (κ3) is 5.16. The first-order valence-electron chi connectivity index (χ1n) is 6.09. The van der Waals surface area contributed by atoms with E-state index in [1.807, 2.05) is 0 Å². The molecule has 108 valence electrons. The van der Waals surface area contributed by atoms with E-state index in [9.17, 15) is 17.6 Å². The quantitative estimate of drug-likeness (QED) is 0.582. The molecular weight excluding hydrogens is 262 g/mol. The molecule has 0 amide bonds. The Balaban J connectivity index is 2.66. The molecule has 0 aromatic heterocycles. The zero-order chi connectivity index (χ0) is 14.3. The molecule has 0 spiro atoms. The molecule has 19 heavy (non-hydrogen) atoms. The van der Waals surface area contributed by atoms with Gasteiger partial charge in [0.25, 0.3) is 6.43 Å². The molecule has 0 radical (unpaired) electrons. The van der Waals surface area contributed by atoms with Crippen molar-refractivity contribution in [2.45, 2.75) is 25.8 Å². The largest absolute Gasteiger partial charge is 0.375 e. The predicted octanol–water partition coefficient (Wildman–Crippen LogP) is 3.29. The highest BCUT2D eigenvalue weighted by Crippen LogP contribution is 2.23. The zero-order valence-electron chi connectivity index (χ0n) is 10.6. The number of hydrogen-bond donors (Lipinski definition) is 1. The van der Waals surface area contributed by atoms with Crippen molar-refractivity contribution < 1.29 is 22.3 Å². The normalized spacial score (nSPS) is 12.9. The number of ether oxygens (including phenoxy) is 1. The molecule has 2 nitrogen and oxygen atoms in total. The molecule has 0 saturated carbocycles. The molecule has 0 fully saturated rings. The lowest BCUT2D eigenvalue weighted by molar-refractivity contribution is 0.0142. The van der Waals surface area contributed by atoms with Gasteiger partial charge in [0.1, 0.15) is 18.2 Å². The van der Waals surface area contributed by atoms with Gasteiger partial charge < -0.3 is 10.1 Å². The molecule has 0 aliphatic carbocycles. The molecule has 1 aromatic rings. The minimum Gasteiger partial charge on any atom is -0.375 e. The molecule has 1 aromatic carbocycles. The number of hydrogen-bond acceptors (Lipinski definition) is 2. The molecule has 0 aliphatic heterocycles. The first kappa shape index (κ1) is 15.9. The van der Waals surface area contributed by atoms with E-state index in [0.717, 1.165) is 0 Å². The highest BCUT2D eigenvalue weighted by molar-refractivity contribution is 5.23. The second kappa shape index (κ2) is 8.12. The number of benzene rings is 1. The van der Waals surface area contributed by atoms with Gasteiger partial charge in [-0.2, -0.15) is 0 Å². The molecule has 0 heterocycles. The van der Waals surface area contributed by atoms with Crippen molar-refractivity contribution in [3.8, 4) is 0 Å². The maximum atomic E-state index is 13.6. The van der Waals surface area contributed by atoms with Crippen LogP contribution in [0.2, 0.25) is 0 Å². The van der Waals surface area contributed by atoms with Crippen LogP contribution in [-0.2, 0) is 4.74 Å². The van der Waals surface area contributed by atoms with Gasteiger partial charge in [0, 0.05) is 18.2 Å². The number of alkyl halides is 2. The zero-order valence-corrected chi connectivity index (χ0v) is 10.6.